The van der Waals surface area contributed by atoms with Gasteiger partial charge in [-0.05, 0) is 0 Å². The Morgan fingerprint density at radius 2 is 1.92 bits per heavy atom. The highest BCUT2D eigenvalue weighted by Gasteiger charge is 2.21. The molecule has 1 unspecified atom stereocenters. The largest absolute Gasteiger partial charge is 0.330 e. The SMILES string of the molecule is CC(C)(C)C(=O)N=S(C)(=O)CCN. The van der Waals surface area contributed by atoms with Gasteiger partial charge in [0.15, 0.2) is 0 Å². The van der Waals surface area contributed by atoms with Crippen molar-refractivity contribution in [2.24, 2.45) is 15.5 Å². The molecule has 78 valence electrons. The smallest absolute Gasteiger partial charge is 0.259 e. The fraction of sp³-hybridized carbons (Fsp3) is 0.875. The standard InChI is InChI=1S/C8H18N2O2S/c1-8(2,3)7(11)10-13(4,12)6-5-9/h5-6,9H2,1-4H3. The summed E-state index contributed by atoms with van der Waals surface area (Å²) in [4.78, 5) is 11.4. The second-order valence-electron chi connectivity index (χ2n) is 4.10. The maximum atomic E-state index is 11.6. The molecule has 0 bridgehead atoms. The summed E-state index contributed by atoms with van der Waals surface area (Å²) in [6.07, 6.45) is 1.46. The van der Waals surface area contributed by atoms with Crippen LogP contribution in [0.4, 0.5) is 0 Å². The predicted octanol–water partition coefficient (Wildman–Crippen LogP) is 0.616. The van der Waals surface area contributed by atoms with Gasteiger partial charge in [-0.1, -0.05) is 20.8 Å². The molecule has 5 heteroatoms. The monoisotopic (exact) mass is 206 g/mol. The number of amides is 1. The summed E-state index contributed by atoms with van der Waals surface area (Å²) in [6.45, 7) is 5.53. The van der Waals surface area contributed by atoms with Crippen LogP contribution in [-0.4, -0.2) is 28.7 Å². The summed E-state index contributed by atoms with van der Waals surface area (Å²) in [5, 5.41) is 0. The minimum absolute atomic E-state index is 0.273. The van der Waals surface area contributed by atoms with E-state index < -0.39 is 15.1 Å². The first kappa shape index (κ1) is 12.6. The lowest BCUT2D eigenvalue weighted by molar-refractivity contribution is -0.124. The Hall–Kier alpha value is -0.420. The molecule has 1 amide bonds. The van der Waals surface area contributed by atoms with E-state index in [2.05, 4.69) is 4.36 Å². The van der Waals surface area contributed by atoms with Gasteiger partial charge in [-0.25, -0.2) is 4.21 Å². The molecule has 0 saturated carbocycles. The molecular weight excluding hydrogens is 188 g/mol. The van der Waals surface area contributed by atoms with Gasteiger partial charge in [0.05, 0.1) is 9.73 Å². The van der Waals surface area contributed by atoms with E-state index in [1.165, 1.54) is 6.26 Å². The van der Waals surface area contributed by atoms with Crippen LogP contribution in [0.25, 0.3) is 0 Å². The van der Waals surface area contributed by atoms with E-state index in [0.717, 1.165) is 0 Å². The molecule has 0 aliphatic rings. The van der Waals surface area contributed by atoms with E-state index in [9.17, 15) is 9.00 Å². The van der Waals surface area contributed by atoms with Gasteiger partial charge in [0.1, 0.15) is 0 Å². The lowest BCUT2D eigenvalue weighted by Gasteiger charge is -2.13. The van der Waals surface area contributed by atoms with Gasteiger partial charge in [0, 0.05) is 24.0 Å². The van der Waals surface area contributed by atoms with Crippen molar-refractivity contribution in [1.29, 1.82) is 0 Å². The van der Waals surface area contributed by atoms with E-state index in [4.69, 9.17) is 5.73 Å². The summed E-state index contributed by atoms with van der Waals surface area (Å²) in [5.74, 6) is -0.0529. The average Bonchev–Trinajstić information content (AvgIpc) is 1.83. The van der Waals surface area contributed by atoms with Gasteiger partial charge in [0.2, 0.25) is 0 Å². The highest BCUT2D eigenvalue weighted by molar-refractivity contribution is 7.93. The van der Waals surface area contributed by atoms with Gasteiger partial charge in [0.25, 0.3) is 5.91 Å². The Bertz CT molecular complexity index is 296. The maximum absolute atomic E-state index is 11.6. The Morgan fingerprint density at radius 1 is 1.46 bits per heavy atom. The fourth-order valence-electron chi connectivity index (χ4n) is 0.577. The molecule has 0 aliphatic heterocycles. The van der Waals surface area contributed by atoms with Gasteiger partial charge in [-0.15, -0.1) is 0 Å². The highest BCUT2D eigenvalue weighted by Crippen LogP contribution is 2.16. The Morgan fingerprint density at radius 3 is 2.23 bits per heavy atom. The molecule has 0 aromatic rings. The first-order valence-electron chi connectivity index (χ1n) is 4.13. The molecule has 0 aromatic carbocycles. The molecule has 0 saturated heterocycles. The molecule has 4 nitrogen and oxygen atoms in total. The Labute approximate surface area is 80.1 Å². The molecular formula is C8H18N2O2S. The molecule has 1 atom stereocenters. The zero-order chi connectivity index (χ0) is 10.7. The van der Waals surface area contributed by atoms with Crippen LogP contribution in [0.5, 0.6) is 0 Å². The molecule has 0 radical (unpaired) electrons. The topological polar surface area (TPSA) is 72.5 Å². The molecule has 0 aromatic heterocycles. The van der Waals surface area contributed by atoms with Crippen LogP contribution in [0, 0.1) is 5.41 Å². The third kappa shape index (κ3) is 5.00. The summed E-state index contributed by atoms with van der Waals surface area (Å²) in [6, 6.07) is 0. The number of hydrogen-bond donors (Lipinski definition) is 1. The summed E-state index contributed by atoms with van der Waals surface area (Å²) in [5.41, 5.74) is 4.69. The molecule has 0 spiro atoms. The number of nitrogens with zero attached hydrogens (tertiary/aromatic N) is 1. The molecule has 2 N–H and O–H groups in total. The third-order valence-corrected chi connectivity index (χ3v) is 2.96. The van der Waals surface area contributed by atoms with Gasteiger partial charge < -0.3 is 5.73 Å². The number of rotatable bonds is 2. The maximum Gasteiger partial charge on any atom is 0.259 e. The second-order valence-corrected chi connectivity index (χ2v) is 6.61. The van der Waals surface area contributed by atoms with Crippen molar-refractivity contribution in [2.75, 3.05) is 18.6 Å². The van der Waals surface area contributed by atoms with E-state index in [0.29, 0.717) is 0 Å². The fourth-order valence-corrected chi connectivity index (χ4v) is 1.73. The predicted molar refractivity (Wildman–Crippen MR) is 54.9 cm³/mol. The summed E-state index contributed by atoms with van der Waals surface area (Å²) < 4.78 is 15.3. The van der Waals surface area contributed by atoms with Crippen LogP contribution >= 0.6 is 0 Å². The quantitative estimate of drug-likeness (QED) is 0.719. The highest BCUT2D eigenvalue weighted by atomic mass is 32.2. The molecule has 13 heavy (non-hydrogen) atoms. The Balaban J connectivity index is 4.76. The van der Waals surface area contributed by atoms with Crippen LogP contribution in [0.1, 0.15) is 20.8 Å². The van der Waals surface area contributed by atoms with Crippen molar-refractivity contribution in [3.8, 4) is 0 Å². The van der Waals surface area contributed by atoms with Gasteiger partial charge in [-0.3, -0.25) is 4.79 Å². The summed E-state index contributed by atoms with van der Waals surface area (Å²) in [7, 11) is -2.41. The van der Waals surface area contributed by atoms with Crippen molar-refractivity contribution >= 4 is 15.6 Å². The van der Waals surface area contributed by atoms with Gasteiger partial charge >= 0.3 is 0 Å². The zero-order valence-electron chi connectivity index (χ0n) is 8.66. The second kappa shape index (κ2) is 4.19. The minimum Gasteiger partial charge on any atom is -0.330 e. The molecule has 0 heterocycles. The molecule has 0 rings (SSSR count). The number of carbonyl (C=O) groups excluding carboxylic acids is 1. The lowest BCUT2D eigenvalue weighted by Crippen LogP contribution is -2.22. The normalized spacial score (nSPS) is 16.4. The van der Waals surface area contributed by atoms with Crippen LogP contribution < -0.4 is 5.73 Å². The van der Waals surface area contributed by atoms with Crippen molar-refractivity contribution in [1.82, 2.24) is 0 Å². The van der Waals surface area contributed by atoms with Crippen LogP contribution in [0.2, 0.25) is 0 Å². The van der Waals surface area contributed by atoms with Crippen LogP contribution in [0.3, 0.4) is 0 Å². The Kier molecular flexibility index (Phi) is 4.06. The van der Waals surface area contributed by atoms with Gasteiger partial charge in [-0.2, -0.15) is 4.36 Å². The van der Waals surface area contributed by atoms with Crippen LogP contribution in [0.15, 0.2) is 4.36 Å². The molecule has 0 aliphatic carbocycles. The van der Waals surface area contributed by atoms with Crippen LogP contribution in [-0.2, 0) is 14.5 Å². The lowest BCUT2D eigenvalue weighted by atomic mass is 9.96. The van der Waals surface area contributed by atoms with E-state index in [1.54, 1.807) is 20.8 Å². The van der Waals surface area contributed by atoms with Crippen molar-refractivity contribution in [2.45, 2.75) is 20.8 Å². The van der Waals surface area contributed by atoms with E-state index in [1.807, 2.05) is 0 Å². The number of hydrogen-bond acceptors (Lipinski definition) is 3. The minimum atomic E-state index is -2.41. The number of nitrogens with two attached hydrogens (primary N) is 1. The van der Waals surface area contributed by atoms with E-state index >= 15 is 0 Å². The number of carbonyl (C=O) groups is 1. The molecule has 0 fully saturated rings. The third-order valence-electron chi connectivity index (χ3n) is 1.41. The van der Waals surface area contributed by atoms with Crippen molar-refractivity contribution < 1.29 is 9.00 Å². The van der Waals surface area contributed by atoms with Crippen molar-refractivity contribution in [3.63, 3.8) is 0 Å². The van der Waals surface area contributed by atoms with Crippen molar-refractivity contribution in [3.05, 3.63) is 0 Å². The van der Waals surface area contributed by atoms with E-state index in [-0.39, 0.29) is 18.2 Å². The zero-order valence-corrected chi connectivity index (χ0v) is 9.48. The summed E-state index contributed by atoms with van der Waals surface area (Å²) >= 11 is 0. The average molecular weight is 206 g/mol. The first-order valence-corrected chi connectivity index (χ1v) is 6.22. The first-order chi connectivity index (χ1) is 5.69.